The minimum Gasteiger partial charge on any atom is -0.490 e. The second-order valence-electron chi connectivity index (χ2n) is 3.34. The molecule has 0 radical (unpaired) electrons. The molecule has 0 aromatic heterocycles. The van der Waals surface area contributed by atoms with E-state index in [1.807, 2.05) is 13.8 Å². The smallest absolute Gasteiger partial charge is 0.329 e. The minimum atomic E-state index is -1.00. The van der Waals surface area contributed by atoms with Crippen molar-refractivity contribution >= 4 is 11.7 Å². The van der Waals surface area contributed by atoms with Gasteiger partial charge in [-0.15, -0.1) is 0 Å². The SMILES string of the molecule is CCOc1ccc(N/C=C/C(=O)O)cc1OCC. The van der Waals surface area contributed by atoms with Crippen LogP contribution in [0, 0.1) is 0 Å². The monoisotopic (exact) mass is 251 g/mol. The van der Waals surface area contributed by atoms with Crippen LogP contribution in [-0.4, -0.2) is 24.3 Å². The standard InChI is InChI=1S/C13H17NO4/c1-3-17-11-6-5-10(9-12(11)18-4-2)14-8-7-13(15)16/h5-9,14H,3-4H2,1-2H3,(H,15,16)/b8-7+. The van der Waals surface area contributed by atoms with E-state index in [0.717, 1.165) is 11.8 Å². The summed E-state index contributed by atoms with van der Waals surface area (Å²) in [5, 5.41) is 11.3. The molecule has 0 aliphatic rings. The van der Waals surface area contributed by atoms with Crippen LogP contribution in [0.1, 0.15) is 13.8 Å². The minimum absolute atomic E-state index is 0.536. The molecule has 5 nitrogen and oxygen atoms in total. The number of aliphatic carboxylic acids is 1. The van der Waals surface area contributed by atoms with E-state index in [1.54, 1.807) is 18.2 Å². The molecule has 1 aromatic rings. The van der Waals surface area contributed by atoms with E-state index >= 15 is 0 Å². The average Bonchev–Trinajstić information content (AvgIpc) is 2.32. The lowest BCUT2D eigenvalue weighted by Crippen LogP contribution is -1.99. The predicted octanol–water partition coefficient (Wildman–Crippen LogP) is 2.49. The molecule has 0 amide bonds. The van der Waals surface area contributed by atoms with Crippen LogP contribution in [0.25, 0.3) is 0 Å². The molecule has 98 valence electrons. The Balaban J connectivity index is 2.81. The summed E-state index contributed by atoms with van der Waals surface area (Å²) >= 11 is 0. The Morgan fingerprint density at radius 3 is 2.56 bits per heavy atom. The highest BCUT2D eigenvalue weighted by Crippen LogP contribution is 2.30. The van der Waals surface area contributed by atoms with Crippen molar-refractivity contribution in [2.24, 2.45) is 0 Å². The zero-order valence-corrected chi connectivity index (χ0v) is 10.5. The first kappa shape index (κ1) is 13.9. The van der Waals surface area contributed by atoms with Crippen LogP contribution in [0.15, 0.2) is 30.5 Å². The van der Waals surface area contributed by atoms with Gasteiger partial charge in [0.15, 0.2) is 11.5 Å². The number of carboxylic acid groups (broad SMARTS) is 1. The van der Waals surface area contributed by atoms with Crippen molar-refractivity contribution < 1.29 is 19.4 Å². The maximum atomic E-state index is 10.3. The summed E-state index contributed by atoms with van der Waals surface area (Å²) in [6, 6.07) is 5.34. The van der Waals surface area contributed by atoms with Crippen LogP contribution in [0.3, 0.4) is 0 Å². The molecule has 18 heavy (non-hydrogen) atoms. The number of rotatable bonds is 7. The lowest BCUT2D eigenvalue weighted by Gasteiger charge is -2.12. The highest BCUT2D eigenvalue weighted by atomic mass is 16.5. The van der Waals surface area contributed by atoms with Gasteiger partial charge in [-0.1, -0.05) is 0 Å². The van der Waals surface area contributed by atoms with Gasteiger partial charge in [0, 0.05) is 24.0 Å². The van der Waals surface area contributed by atoms with Crippen LogP contribution >= 0.6 is 0 Å². The predicted molar refractivity (Wildman–Crippen MR) is 69.2 cm³/mol. The van der Waals surface area contributed by atoms with Crippen LogP contribution in [0.4, 0.5) is 5.69 Å². The number of anilines is 1. The number of nitrogens with one attached hydrogen (secondary N) is 1. The van der Waals surface area contributed by atoms with Gasteiger partial charge in [-0.2, -0.15) is 0 Å². The van der Waals surface area contributed by atoms with Crippen molar-refractivity contribution in [3.8, 4) is 11.5 Å². The first-order valence-electron chi connectivity index (χ1n) is 5.73. The third-order valence-electron chi connectivity index (χ3n) is 2.02. The molecular formula is C13H17NO4. The van der Waals surface area contributed by atoms with E-state index in [9.17, 15) is 4.79 Å². The molecule has 0 aliphatic carbocycles. The lowest BCUT2D eigenvalue weighted by atomic mass is 10.2. The highest BCUT2D eigenvalue weighted by Gasteiger charge is 2.05. The van der Waals surface area contributed by atoms with Gasteiger partial charge in [-0.3, -0.25) is 0 Å². The van der Waals surface area contributed by atoms with Crippen molar-refractivity contribution in [1.29, 1.82) is 0 Å². The van der Waals surface area contributed by atoms with E-state index in [2.05, 4.69) is 5.32 Å². The second-order valence-corrected chi connectivity index (χ2v) is 3.34. The molecule has 1 aromatic carbocycles. The first-order valence-corrected chi connectivity index (χ1v) is 5.73. The van der Waals surface area contributed by atoms with Gasteiger partial charge in [0.1, 0.15) is 0 Å². The molecule has 5 heteroatoms. The Kier molecular flexibility index (Phi) is 5.57. The number of benzene rings is 1. The van der Waals surface area contributed by atoms with Crippen molar-refractivity contribution in [3.63, 3.8) is 0 Å². The number of hydrogen-bond donors (Lipinski definition) is 2. The summed E-state index contributed by atoms with van der Waals surface area (Å²) in [4.78, 5) is 10.3. The third kappa shape index (κ3) is 4.37. The Labute approximate surface area is 106 Å². The van der Waals surface area contributed by atoms with Crippen molar-refractivity contribution in [3.05, 3.63) is 30.5 Å². The zero-order chi connectivity index (χ0) is 13.4. The number of hydrogen-bond acceptors (Lipinski definition) is 4. The molecular weight excluding hydrogens is 234 g/mol. The van der Waals surface area contributed by atoms with Crippen LogP contribution in [0.2, 0.25) is 0 Å². The van der Waals surface area contributed by atoms with E-state index in [0.29, 0.717) is 24.7 Å². The van der Waals surface area contributed by atoms with E-state index in [4.69, 9.17) is 14.6 Å². The van der Waals surface area contributed by atoms with Crippen LogP contribution in [0.5, 0.6) is 11.5 Å². The quantitative estimate of drug-likeness (QED) is 0.729. The van der Waals surface area contributed by atoms with E-state index < -0.39 is 5.97 Å². The topological polar surface area (TPSA) is 67.8 Å². The molecule has 0 unspecified atom stereocenters. The second kappa shape index (κ2) is 7.21. The molecule has 0 bridgehead atoms. The average molecular weight is 251 g/mol. The molecule has 2 N–H and O–H groups in total. The van der Waals surface area contributed by atoms with Crippen LogP contribution in [-0.2, 0) is 4.79 Å². The first-order chi connectivity index (χ1) is 8.67. The van der Waals surface area contributed by atoms with Gasteiger partial charge < -0.3 is 19.9 Å². The van der Waals surface area contributed by atoms with Gasteiger partial charge in [0.05, 0.1) is 13.2 Å². The van der Waals surface area contributed by atoms with Gasteiger partial charge in [0.2, 0.25) is 0 Å². The van der Waals surface area contributed by atoms with E-state index in [1.165, 1.54) is 6.20 Å². The fourth-order valence-electron chi connectivity index (χ4n) is 1.35. The molecule has 0 fully saturated rings. The fourth-order valence-corrected chi connectivity index (χ4v) is 1.35. The van der Waals surface area contributed by atoms with E-state index in [-0.39, 0.29) is 0 Å². The van der Waals surface area contributed by atoms with Gasteiger partial charge >= 0.3 is 5.97 Å². The zero-order valence-electron chi connectivity index (χ0n) is 10.5. The fraction of sp³-hybridized carbons (Fsp3) is 0.308. The summed E-state index contributed by atoms with van der Waals surface area (Å²) in [6.07, 6.45) is 2.38. The number of carbonyl (C=O) groups is 1. The van der Waals surface area contributed by atoms with Gasteiger partial charge in [0.25, 0.3) is 0 Å². The van der Waals surface area contributed by atoms with Crippen molar-refractivity contribution in [1.82, 2.24) is 0 Å². The maximum absolute atomic E-state index is 10.3. The van der Waals surface area contributed by atoms with Gasteiger partial charge in [-0.05, 0) is 26.0 Å². The molecule has 0 spiro atoms. The third-order valence-corrected chi connectivity index (χ3v) is 2.02. The molecule has 0 saturated heterocycles. The largest absolute Gasteiger partial charge is 0.490 e. The van der Waals surface area contributed by atoms with Crippen molar-refractivity contribution in [2.45, 2.75) is 13.8 Å². The normalized spacial score (nSPS) is 10.3. The highest BCUT2D eigenvalue weighted by molar-refractivity contribution is 5.80. The Bertz CT molecular complexity index is 429. The molecule has 0 heterocycles. The Hall–Kier alpha value is -2.17. The molecule has 0 atom stereocenters. The molecule has 0 aliphatic heterocycles. The molecule has 0 saturated carbocycles. The summed E-state index contributed by atoms with van der Waals surface area (Å²) in [5.41, 5.74) is 0.736. The van der Waals surface area contributed by atoms with Crippen molar-refractivity contribution in [2.75, 3.05) is 18.5 Å². The maximum Gasteiger partial charge on any atom is 0.329 e. The summed E-state index contributed by atoms with van der Waals surface area (Å²) in [6.45, 7) is 4.89. The van der Waals surface area contributed by atoms with Gasteiger partial charge in [-0.25, -0.2) is 4.79 Å². The summed E-state index contributed by atoms with van der Waals surface area (Å²) < 4.78 is 10.9. The van der Waals surface area contributed by atoms with Crippen LogP contribution < -0.4 is 14.8 Å². The Morgan fingerprint density at radius 2 is 1.94 bits per heavy atom. The summed E-state index contributed by atoms with van der Waals surface area (Å²) in [5.74, 6) is 0.304. The number of ether oxygens (including phenoxy) is 2. The Morgan fingerprint density at radius 1 is 1.28 bits per heavy atom. The lowest BCUT2D eigenvalue weighted by molar-refractivity contribution is -0.131. The summed E-state index contributed by atoms with van der Waals surface area (Å²) in [7, 11) is 0. The number of carboxylic acids is 1. The molecule has 1 rings (SSSR count).